The summed E-state index contributed by atoms with van der Waals surface area (Å²) in [7, 11) is 1.73. The maximum Gasteiger partial charge on any atom is 0.230 e. The minimum absolute atomic E-state index is 0.00248. The second-order valence-corrected chi connectivity index (χ2v) is 7.95. The van der Waals surface area contributed by atoms with E-state index < -0.39 is 5.41 Å². The van der Waals surface area contributed by atoms with Crippen molar-refractivity contribution in [1.82, 2.24) is 10.6 Å². The minimum Gasteiger partial charge on any atom is -0.384 e. The molecule has 1 aromatic rings. The van der Waals surface area contributed by atoms with E-state index >= 15 is 0 Å². The molecule has 2 N–H and O–H groups in total. The third kappa shape index (κ3) is 4.06. The van der Waals surface area contributed by atoms with E-state index in [4.69, 9.17) is 21.1 Å². The van der Waals surface area contributed by atoms with E-state index in [1.807, 2.05) is 24.3 Å². The van der Waals surface area contributed by atoms with Crippen LogP contribution in [0, 0.1) is 5.41 Å². The molecular formula is C20H29ClN2O3. The summed E-state index contributed by atoms with van der Waals surface area (Å²) in [6.07, 6.45) is 3.31. The molecule has 0 saturated carbocycles. The number of benzene rings is 1. The minimum atomic E-state index is -0.613. The van der Waals surface area contributed by atoms with Crippen molar-refractivity contribution < 1.29 is 14.3 Å². The third-order valence-corrected chi connectivity index (χ3v) is 6.24. The highest BCUT2D eigenvalue weighted by Crippen LogP contribution is 2.39. The SMILES string of the molecule is COCC1(CNC(=O)C2(c3ccccc3Cl)CCOCC2)CCNCC1. The van der Waals surface area contributed by atoms with E-state index in [-0.39, 0.29) is 11.3 Å². The lowest BCUT2D eigenvalue weighted by molar-refractivity contribution is -0.131. The Morgan fingerprint density at radius 1 is 1.23 bits per heavy atom. The summed E-state index contributed by atoms with van der Waals surface area (Å²) in [4.78, 5) is 13.4. The number of piperidine rings is 1. The summed E-state index contributed by atoms with van der Waals surface area (Å²) in [5, 5.41) is 7.29. The Hall–Kier alpha value is -1.14. The molecule has 2 fully saturated rings. The maximum absolute atomic E-state index is 13.4. The first kappa shape index (κ1) is 19.6. The van der Waals surface area contributed by atoms with Crippen molar-refractivity contribution in [2.24, 2.45) is 5.41 Å². The van der Waals surface area contributed by atoms with Crippen molar-refractivity contribution in [3.63, 3.8) is 0 Å². The van der Waals surface area contributed by atoms with Gasteiger partial charge in [-0.05, 0) is 50.4 Å². The van der Waals surface area contributed by atoms with Crippen molar-refractivity contribution in [3.05, 3.63) is 34.9 Å². The van der Waals surface area contributed by atoms with Crippen LogP contribution in [0.2, 0.25) is 5.02 Å². The van der Waals surface area contributed by atoms with Crippen LogP contribution in [0.5, 0.6) is 0 Å². The van der Waals surface area contributed by atoms with E-state index in [0.717, 1.165) is 31.5 Å². The smallest absolute Gasteiger partial charge is 0.230 e. The maximum atomic E-state index is 13.4. The number of hydrogen-bond donors (Lipinski definition) is 2. The zero-order valence-electron chi connectivity index (χ0n) is 15.5. The molecule has 2 aliphatic rings. The van der Waals surface area contributed by atoms with E-state index in [0.29, 0.717) is 44.2 Å². The molecule has 2 saturated heterocycles. The Morgan fingerprint density at radius 2 is 1.92 bits per heavy atom. The predicted molar refractivity (Wildman–Crippen MR) is 103 cm³/mol. The van der Waals surface area contributed by atoms with Crippen LogP contribution in [0.4, 0.5) is 0 Å². The molecule has 0 aromatic heterocycles. The standard InChI is InChI=1S/C20H29ClN2O3/c1-25-15-19(6-10-22-11-7-19)14-23-18(24)20(8-12-26-13-9-20)16-4-2-3-5-17(16)21/h2-5,22H,6-15H2,1H3,(H,23,24). The summed E-state index contributed by atoms with van der Waals surface area (Å²) >= 11 is 6.47. The van der Waals surface area contributed by atoms with E-state index in [1.165, 1.54) is 0 Å². The number of nitrogens with one attached hydrogen (secondary N) is 2. The van der Waals surface area contributed by atoms with Gasteiger partial charge in [0.2, 0.25) is 5.91 Å². The topological polar surface area (TPSA) is 59.6 Å². The van der Waals surface area contributed by atoms with Gasteiger partial charge in [0, 0.05) is 37.3 Å². The average Bonchev–Trinajstić information content (AvgIpc) is 2.68. The summed E-state index contributed by atoms with van der Waals surface area (Å²) < 4.78 is 11.0. The second kappa shape index (κ2) is 8.70. The second-order valence-electron chi connectivity index (χ2n) is 7.54. The van der Waals surface area contributed by atoms with Gasteiger partial charge in [0.1, 0.15) is 0 Å². The van der Waals surface area contributed by atoms with Gasteiger partial charge in [0.15, 0.2) is 0 Å². The van der Waals surface area contributed by atoms with Crippen LogP contribution >= 0.6 is 11.6 Å². The van der Waals surface area contributed by atoms with Gasteiger partial charge in [0.05, 0.1) is 12.0 Å². The van der Waals surface area contributed by atoms with Crippen LogP contribution in [0.1, 0.15) is 31.2 Å². The van der Waals surface area contributed by atoms with Gasteiger partial charge in [-0.25, -0.2) is 0 Å². The molecule has 0 spiro atoms. The normalized spacial score (nSPS) is 21.9. The summed E-state index contributed by atoms with van der Waals surface area (Å²) in [5.74, 6) is 0.0583. The quantitative estimate of drug-likeness (QED) is 0.796. The zero-order valence-corrected chi connectivity index (χ0v) is 16.2. The largest absolute Gasteiger partial charge is 0.384 e. The lowest BCUT2D eigenvalue weighted by atomic mass is 9.72. The van der Waals surface area contributed by atoms with Crippen LogP contribution in [0.25, 0.3) is 0 Å². The zero-order chi connectivity index (χ0) is 18.5. The molecule has 6 heteroatoms. The fraction of sp³-hybridized carbons (Fsp3) is 0.650. The fourth-order valence-electron chi connectivity index (χ4n) is 4.26. The fourth-order valence-corrected chi connectivity index (χ4v) is 4.58. The van der Waals surface area contributed by atoms with Crippen LogP contribution in [0.15, 0.2) is 24.3 Å². The molecule has 0 radical (unpaired) electrons. The van der Waals surface area contributed by atoms with Crippen molar-refractivity contribution in [2.45, 2.75) is 31.1 Å². The summed E-state index contributed by atoms with van der Waals surface area (Å²) in [5.41, 5.74) is 0.300. The van der Waals surface area contributed by atoms with E-state index in [1.54, 1.807) is 7.11 Å². The van der Waals surface area contributed by atoms with Gasteiger partial charge in [-0.2, -0.15) is 0 Å². The van der Waals surface area contributed by atoms with Crippen molar-refractivity contribution in [1.29, 1.82) is 0 Å². The van der Waals surface area contributed by atoms with Crippen LogP contribution in [-0.2, 0) is 19.7 Å². The molecular weight excluding hydrogens is 352 g/mol. The lowest BCUT2D eigenvalue weighted by Gasteiger charge is -2.40. The highest BCUT2D eigenvalue weighted by Gasteiger charge is 2.44. The number of methoxy groups -OCH3 is 1. The molecule has 2 aliphatic heterocycles. The Morgan fingerprint density at radius 3 is 2.58 bits per heavy atom. The molecule has 0 atom stereocenters. The number of halogens is 1. The van der Waals surface area contributed by atoms with E-state index in [9.17, 15) is 4.79 Å². The van der Waals surface area contributed by atoms with Gasteiger partial charge in [-0.1, -0.05) is 29.8 Å². The molecule has 2 heterocycles. The monoisotopic (exact) mass is 380 g/mol. The molecule has 5 nitrogen and oxygen atoms in total. The van der Waals surface area contributed by atoms with Crippen molar-refractivity contribution >= 4 is 17.5 Å². The third-order valence-electron chi connectivity index (χ3n) is 5.91. The average molecular weight is 381 g/mol. The summed E-state index contributed by atoms with van der Waals surface area (Å²) in [6, 6.07) is 7.69. The Balaban J connectivity index is 1.79. The van der Waals surface area contributed by atoms with Crippen LogP contribution < -0.4 is 10.6 Å². The summed E-state index contributed by atoms with van der Waals surface area (Å²) in [6.45, 7) is 4.37. The number of rotatable bonds is 6. The highest BCUT2D eigenvalue weighted by molar-refractivity contribution is 6.31. The number of amides is 1. The van der Waals surface area contributed by atoms with E-state index in [2.05, 4.69) is 10.6 Å². The molecule has 26 heavy (non-hydrogen) atoms. The first-order valence-electron chi connectivity index (χ1n) is 9.43. The molecule has 3 rings (SSSR count). The van der Waals surface area contributed by atoms with Gasteiger partial charge in [-0.15, -0.1) is 0 Å². The molecule has 0 aliphatic carbocycles. The van der Waals surface area contributed by atoms with Gasteiger partial charge < -0.3 is 20.1 Å². The van der Waals surface area contributed by atoms with Gasteiger partial charge in [0.25, 0.3) is 0 Å². The first-order chi connectivity index (χ1) is 12.6. The predicted octanol–water partition coefficient (Wildman–Crippen LogP) is 2.52. The molecule has 1 amide bonds. The Kier molecular flexibility index (Phi) is 6.56. The number of carbonyl (C=O) groups is 1. The lowest BCUT2D eigenvalue weighted by Crippen LogP contribution is -2.53. The van der Waals surface area contributed by atoms with Crippen molar-refractivity contribution in [2.75, 3.05) is 46.6 Å². The van der Waals surface area contributed by atoms with Gasteiger partial charge in [-0.3, -0.25) is 4.79 Å². The van der Waals surface area contributed by atoms with Gasteiger partial charge >= 0.3 is 0 Å². The first-order valence-corrected chi connectivity index (χ1v) is 9.80. The molecule has 1 aromatic carbocycles. The highest BCUT2D eigenvalue weighted by atomic mass is 35.5. The van der Waals surface area contributed by atoms with Crippen LogP contribution in [0.3, 0.4) is 0 Å². The number of hydrogen-bond acceptors (Lipinski definition) is 4. The Bertz CT molecular complexity index is 605. The van der Waals surface area contributed by atoms with Crippen molar-refractivity contribution in [3.8, 4) is 0 Å². The molecule has 0 unspecified atom stereocenters. The molecule has 0 bridgehead atoms. The Labute approximate surface area is 160 Å². The molecule has 144 valence electrons. The van der Waals surface area contributed by atoms with Crippen LogP contribution in [-0.4, -0.2) is 52.5 Å². The number of ether oxygens (including phenoxy) is 2. The number of carbonyl (C=O) groups excluding carboxylic acids is 1.